The monoisotopic (exact) mass is 209 g/mol. The summed E-state index contributed by atoms with van der Waals surface area (Å²) in [6.07, 6.45) is 5.73. The summed E-state index contributed by atoms with van der Waals surface area (Å²) < 4.78 is 2.04. The first-order chi connectivity index (χ1) is 7.93. The molecule has 0 radical (unpaired) electrons. The molecule has 0 fully saturated rings. The van der Waals surface area contributed by atoms with Crippen LogP contribution < -0.4 is 5.32 Å². The zero-order valence-electron chi connectivity index (χ0n) is 8.67. The number of anilines is 2. The molecule has 3 heteroatoms. The van der Waals surface area contributed by atoms with Crippen LogP contribution in [0, 0.1) is 0 Å². The van der Waals surface area contributed by atoms with Crippen LogP contribution in [0.15, 0.2) is 61.1 Å². The second-order valence-electron chi connectivity index (χ2n) is 3.57. The summed E-state index contributed by atoms with van der Waals surface area (Å²) in [4.78, 5) is 4.34. The maximum Gasteiger partial charge on any atom is 0.154 e. The molecule has 3 aromatic rings. The van der Waals surface area contributed by atoms with Crippen LogP contribution in [0.4, 0.5) is 11.5 Å². The Bertz CT molecular complexity index is 599. The SMILES string of the molecule is c1ccc(Nc2nccn3cccc23)cc1. The Labute approximate surface area is 93.4 Å². The Morgan fingerprint density at radius 1 is 0.938 bits per heavy atom. The van der Waals surface area contributed by atoms with Crippen LogP contribution in [-0.2, 0) is 0 Å². The van der Waals surface area contributed by atoms with E-state index in [4.69, 9.17) is 0 Å². The van der Waals surface area contributed by atoms with Crippen molar-refractivity contribution in [2.24, 2.45) is 0 Å². The van der Waals surface area contributed by atoms with Gasteiger partial charge >= 0.3 is 0 Å². The second kappa shape index (κ2) is 3.70. The van der Waals surface area contributed by atoms with Crippen LogP contribution in [0.3, 0.4) is 0 Å². The first-order valence-electron chi connectivity index (χ1n) is 5.17. The van der Waals surface area contributed by atoms with Crippen LogP contribution in [0.1, 0.15) is 0 Å². The molecule has 0 spiro atoms. The molecular formula is C13H11N3. The standard InChI is InChI=1S/C13H11N3/c1-2-5-11(6-3-1)15-13-12-7-4-9-16(12)10-8-14-13/h1-10H,(H,14,15). The van der Waals surface area contributed by atoms with Crippen LogP contribution in [-0.4, -0.2) is 9.38 Å². The molecule has 0 bridgehead atoms. The van der Waals surface area contributed by atoms with E-state index in [1.165, 1.54) is 0 Å². The fourth-order valence-electron chi connectivity index (χ4n) is 1.72. The minimum atomic E-state index is 0.874. The van der Waals surface area contributed by atoms with Crippen molar-refractivity contribution in [3.05, 3.63) is 61.1 Å². The number of para-hydroxylation sites is 1. The van der Waals surface area contributed by atoms with E-state index >= 15 is 0 Å². The van der Waals surface area contributed by atoms with Gasteiger partial charge < -0.3 is 9.72 Å². The normalized spacial score (nSPS) is 10.5. The lowest BCUT2D eigenvalue weighted by atomic mass is 10.3. The lowest BCUT2D eigenvalue weighted by Crippen LogP contribution is -1.96. The Morgan fingerprint density at radius 3 is 2.69 bits per heavy atom. The van der Waals surface area contributed by atoms with Crippen LogP contribution >= 0.6 is 0 Å². The highest BCUT2D eigenvalue weighted by atomic mass is 15.0. The van der Waals surface area contributed by atoms with Crippen molar-refractivity contribution in [3.8, 4) is 0 Å². The Morgan fingerprint density at radius 2 is 1.81 bits per heavy atom. The molecule has 78 valence electrons. The van der Waals surface area contributed by atoms with E-state index in [0.29, 0.717) is 0 Å². The summed E-state index contributed by atoms with van der Waals surface area (Å²) in [5.41, 5.74) is 2.12. The molecule has 2 heterocycles. The third-order valence-corrected chi connectivity index (χ3v) is 2.49. The van der Waals surface area contributed by atoms with Crippen LogP contribution in [0.5, 0.6) is 0 Å². The molecule has 0 aliphatic carbocycles. The predicted octanol–water partition coefficient (Wildman–Crippen LogP) is 3.08. The smallest absolute Gasteiger partial charge is 0.154 e. The van der Waals surface area contributed by atoms with Gasteiger partial charge in [0, 0.05) is 24.3 Å². The van der Waals surface area contributed by atoms with Gasteiger partial charge in [0.15, 0.2) is 5.82 Å². The van der Waals surface area contributed by atoms with Gasteiger partial charge in [-0.1, -0.05) is 18.2 Å². The van der Waals surface area contributed by atoms with Crippen molar-refractivity contribution in [1.29, 1.82) is 0 Å². The molecular weight excluding hydrogens is 198 g/mol. The number of hydrogen-bond acceptors (Lipinski definition) is 2. The van der Waals surface area contributed by atoms with Gasteiger partial charge in [-0.05, 0) is 24.3 Å². The van der Waals surface area contributed by atoms with Gasteiger partial charge in [0.25, 0.3) is 0 Å². The van der Waals surface area contributed by atoms with Crippen LogP contribution in [0.2, 0.25) is 0 Å². The van der Waals surface area contributed by atoms with Gasteiger partial charge in [-0.15, -0.1) is 0 Å². The molecule has 0 amide bonds. The van der Waals surface area contributed by atoms with E-state index in [9.17, 15) is 0 Å². The Hall–Kier alpha value is -2.29. The highest BCUT2D eigenvalue weighted by Crippen LogP contribution is 2.19. The molecule has 0 aliphatic rings. The van der Waals surface area contributed by atoms with E-state index in [-0.39, 0.29) is 0 Å². The maximum absolute atomic E-state index is 4.34. The van der Waals surface area contributed by atoms with Gasteiger partial charge in [-0.25, -0.2) is 4.98 Å². The first-order valence-corrected chi connectivity index (χ1v) is 5.17. The fourth-order valence-corrected chi connectivity index (χ4v) is 1.72. The molecule has 3 rings (SSSR count). The van der Waals surface area contributed by atoms with E-state index in [2.05, 4.69) is 10.3 Å². The van der Waals surface area contributed by atoms with E-state index < -0.39 is 0 Å². The predicted molar refractivity (Wildman–Crippen MR) is 64.9 cm³/mol. The van der Waals surface area contributed by atoms with E-state index in [1.807, 2.05) is 59.3 Å². The zero-order valence-corrected chi connectivity index (χ0v) is 8.67. The molecule has 0 atom stereocenters. The Balaban J connectivity index is 2.04. The quantitative estimate of drug-likeness (QED) is 0.702. The van der Waals surface area contributed by atoms with Gasteiger partial charge in [0.05, 0.1) is 5.52 Å². The van der Waals surface area contributed by atoms with Gasteiger partial charge in [-0.3, -0.25) is 0 Å². The van der Waals surface area contributed by atoms with E-state index in [1.54, 1.807) is 6.20 Å². The van der Waals surface area contributed by atoms with Gasteiger partial charge in [0.1, 0.15) is 0 Å². The lowest BCUT2D eigenvalue weighted by molar-refractivity contribution is 1.14. The summed E-state index contributed by atoms with van der Waals surface area (Å²) in [7, 11) is 0. The highest BCUT2D eigenvalue weighted by Gasteiger charge is 2.01. The van der Waals surface area contributed by atoms with Crippen molar-refractivity contribution in [2.75, 3.05) is 5.32 Å². The molecule has 1 aromatic carbocycles. The molecule has 0 unspecified atom stereocenters. The third kappa shape index (κ3) is 1.52. The summed E-state index contributed by atoms with van der Waals surface area (Å²) >= 11 is 0. The molecule has 0 aliphatic heterocycles. The Kier molecular flexibility index (Phi) is 2.07. The largest absolute Gasteiger partial charge is 0.338 e. The summed E-state index contributed by atoms with van der Waals surface area (Å²) in [5, 5.41) is 3.30. The minimum Gasteiger partial charge on any atom is -0.338 e. The molecule has 1 N–H and O–H groups in total. The number of aromatic nitrogens is 2. The molecule has 0 saturated carbocycles. The van der Waals surface area contributed by atoms with Gasteiger partial charge in [0.2, 0.25) is 0 Å². The van der Waals surface area contributed by atoms with Crippen molar-refractivity contribution in [1.82, 2.24) is 9.38 Å². The molecule has 0 saturated heterocycles. The molecule has 16 heavy (non-hydrogen) atoms. The number of rotatable bonds is 2. The molecule has 3 nitrogen and oxygen atoms in total. The van der Waals surface area contributed by atoms with Crippen molar-refractivity contribution in [3.63, 3.8) is 0 Å². The van der Waals surface area contributed by atoms with Gasteiger partial charge in [-0.2, -0.15) is 0 Å². The fraction of sp³-hybridized carbons (Fsp3) is 0. The highest BCUT2D eigenvalue weighted by molar-refractivity contribution is 5.73. The van der Waals surface area contributed by atoms with Crippen molar-refractivity contribution >= 4 is 17.0 Å². The zero-order chi connectivity index (χ0) is 10.8. The maximum atomic E-state index is 4.34. The first kappa shape index (κ1) is 8.97. The molecule has 2 aromatic heterocycles. The minimum absolute atomic E-state index is 0.874. The number of benzene rings is 1. The topological polar surface area (TPSA) is 29.3 Å². The summed E-state index contributed by atoms with van der Waals surface area (Å²) in [6.45, 7) is 0. The number of fused-ring (bicyclic) bond motifs is 1. The van der Waals surface area contributed by atoms with E-state index in [0.717, 1.165) is 17.0 Å². The van der Waals surface area contributed by atoms with Crippen molar-refractivity contribution < 1.29 is 0 Å². The second-order valence-corrected chi connectivity index (χ2v) is 3.57. The number of nitrogens with zero attached hydrogens (tertiary/aromatic N) is 2. The van der Waals surface area contributed by atoms with Crippen molar-refractivity contribution in [2.45, 2.75) is 0 Å². The number of hydrogen-bond donors (Lipinski definition) is 1. The summed E-state index contributed by atoms with van der Waals surface area (Å²) in [6, 6.07) is 14.1. The average Bonchev–Trinajstić information content (AvgIpc) is 2.80. The third-order valence-electron chi connectivity index (χ3n) is 2.49. The van der Waals surface area contributed by atoms with Crippen LogP contribution in [0.25, 0.3) is 5.52 Å². The number of nitrogens with one attached hydrogen (secondary N) is 1. The summed E-state index contributed by atoms with van der Waals surface area (Å²) in [5.74, 6) is 0.874. The lowest BCUT2D eigenvalue weighted by Gasteiger charge is -2.06. The average molecular weight is 209 g/mol.